The molecule has 1 unspecified atom stereocenters. The molecule has 0 aromatic heterocycles. The summed E-state index contributed by atoms with van der Waals surface area (Å²) in [7, 11) is -3.30. The lowest BCUT2D eigenvalue weighted by Crippen LogP contribution is -2.29. The maximum atomic E-state index is 12.2. The molecule has 1 atom stereocenters. The number of nitrogens with zero attached hydrogens (tertiary/aromatic N) is 1. The first-order valence-electron chi connectivity index (χ1n) is 5.40. The van der Waals surface area contributed by atoms with Crippen LogP contribution in [0.25, 0.3) is 0 Å². The molecule has 1 fully saturated rings. The van der Waals surface area contributed by atoms with Gasteiger partial charge in [0.25, 0.3) is 0 Å². The maximum absolute atomic E-state index is 12.2. The topological polar surface area (TPSA) is 63.4 Å². The summed E-state index contributed by atoms with van der Waals surface area (Å²) in [4.78, 5) is 0.368. The summed E-state index contributed by atoms with van der Waals surface area (Å²) in [5, 5.41) is 0. The van der Waals surface area contributed by atoms with E-state index in [0.29, 0.717) is 30.4 Å². The zero-order chi connectivity index (χ0) is 11.6. The average Bonchev–Trinajstić information content (AvgIpc) is 2.79. The Labute approximate surface area is 96.1 Å². The highest BCUT2D eigenvalue weighted by atomic mass is 32.2. The molecule has 1 aromatic carbocycles. The van der Waals surface area contributed by atoms with E-state index in [1.54, 1.807) is 24.3 Å². The van der Waals surface area contributed by atoms with Crippen LogP contribution in [0, 0.1) is 5.92 Å². The third-order valence-electron chi connectivity index (χ3n) is 2.96. The van der Waals surface area contributed by atoms with Crippen LogP contribution in [0.4, 0.5) is 0 Å². The Morgan fingerprint density at radius 1 is 1.31 bits per heavy atom. The lowest BCUT2D eigenvalue weighted by Gasteiger charge is -2.16. The van der Waals surface area contributed by atoms with E-state index in [2.05, 4.69) is 0 Å². The van der Waals surface area contributed by atoms with Crippen LogP contribution in [0.3, 0.4) is 0 Å². The fourth-order valence-electron chi connectivity index (χ4n) is 1.95. The van der Waals surface area contributed by atoms with Gasteiger partial charge in [-0.05, 0) is 31.0 Å². The van der Waals surface area contributed by atoms with E-state index in [0.717, 1.165) is 6.42 Å². The van der Waals surface area contributed by atoms with Gasteiger partial charge in [-0.25, -0.2) is 8.42 Å². The van der Waals surface area contributed by atoms with Crippen molar-refractivity contribution in [2.75, 3.05) is 19.6 Å². The number of sulfonamides is 1. The Balaban J connectivity index is 2.21. The van der Waals surface area contributed by atoms with E-state index in [9.17, 15) is 8.42 Å². The third kappa shape index (κ3) is 2.11. The lowest BCUT2D eigenvalue weighted by molar-refractivity contribution is 0.459. The summed E-state index contributed by atoms with van der Waals surface area (Å²) in [5.41, 5.74) is 5.56. The zero-order valence-electron chi connectivity index (χ0n) is 9.04. The Morgan fingerprint density at radius 3 is 2.56 bits per heavy atom. The highest BCUT2D eigenvalue weighted by molar-refractivity contribution is 7.89. The van der Waals surface area contributed by atoms with Gasteiger partial charge in [0.05, 0.1) is 4.90 Å². The second kappa shape index (κ2) is 4.53. The molecule has 4 nitrogen and oxygen atoms in total. The summed E-state index contributed by atoms with van der Waals surface area (Å²) in [6, 6.07) is 8.55. The molecule has 0 radical (unpaired) electrons. The van der Waals surface area contributed by atoms with Gasteiger partial charge in [0.2, 0.25) is 10.0 Å². The van der Waals surface area contributed by atoms with E-state index in [4.69, 9.17) is 5.73 Å². The highest BCUT2D eigenvalue weighted by Crippen LogP contribution is 2.23. The van der Waals surface area contributed by atoms with Crippen molar-refractivity contribution in [3.8, 4) is 0 Å². The number of hydrogen-bond acceptors (Lipinski definition) is 3. The normalized spacial score (nSPS) is 22.4. The molecule has 88 valence electrons. The van der Waals surface area contributed by atoms with Crippen LogP contribution in [-0.4, -0.2) is 32.4 Å². The van der Waals surface area contributed by atoms with Crippen LogP contribution in [0.2, 0.25) is 0 Å². The Morgan fingerprint density at radius 2 is 2.00 bits per heavy atom. The monoisotopic (exact) mass is 240 g/mol. The maximum Gasteiger partial charge on any atom is 0.243 e. The van der Waals surface area contributed by atoms with Gasteiger partial charge in [0.1, 0.15) is 0 Å². The molecule has 2 rings (SSSR count). The van der Waals surface area contributed by atoms with E-state index in [1.807, 2.05) is 6.07 Å². The van der Waals surface area contributed by atoms with E-state index in [1.165, 1.54) is 4.31 Å². The molecule has 2 N–H and O–H groups in total. The van der Waals surface area contributed by atoms with Gasteiger partial charge in [-0.1, -0.05) is 18.2 Å². The number of rotatable bonds is 3. The largest absolute Gasteiger partial charge is 0.330 e. The molecule has 16 heavy (non-hydrogen) atoms. The van der Waals surface area contributed by atoms with Crippen LogP contribution in [-0.2, 0) is 10.0 Å². The molecule has 0 saturated carbocycles. The first kappa shape index (κ1) is 11.6. The van der Waals surface area contributed by atoms with Crippen LogP contribution < -0.4 is 5.73 Å². The second-order valence-corrected chi connectivity index (χ2v) is 6.00. The lowest BCUT2D eigenvalue weighted by atomic mass is 10.1. The molecule has 1 aliphatic rings. The van der Waals surface area contributed by atoms with Gasteiger partial charge in [-0.15, -0.1) is 0 Å². The molecule has 1 aromatic rings. The molecule has 0 bridgehead atoms. The van der Waals surface area contributed by atoms with Crippen molar-refractivity contribution in [2.24, 2.45) is 11.7 Å². The van der Waals surface area contributed by atoms with Gasteiger partial charge in [-0.2, -0.15) is 4.31 Å². The number of hydrogen-bond donors (Lipinski definition) is 1. The highest BCUT2D eigenvalue weighted by Gasteiger charge is 2.31. The van der Waals surface area contributed by atoms with Gasteiger partial charge in [0, 0.05) is 13.1 Å². The van der Waals surface area contributed by atoms with Crippen molar-refractivity contribution < 1.29 is 8.42 Å². The Kier molecular flexibility index (Phi) is 3.28. The standard InChI is InChI=1S/C11H16N2O2S/c12-8-10-6-7-13(9-10)16(14,15)11-4-2-1-3-5-11/h1-5,10H,6-9,12H2. The molecule has 0 aliphatic carbocycles. The fraction of sp³-hybridized carbons (Fsp3) is 0.455. The first-order valence-corrected chi connectivity index (χ1v) is 6.84. The average molecular weight is 240 g/mol. The molecule has 5 heteroatoms. The minimum absolute atomic E-state index is 0.304. The number of nitrogens with two attached hydrogens (primary N) is 1. The zero-order valence-corrected chi connectivity index (χ0v) is 9.86. The molecule has 1 heterocycles. The Bertz CT molecular complexity index is 444. The summed E-state index contributed by atoms with van der Waals surface area (Å²) < 4.78 is 25.9. The predicted octanol–water partition coefficient (Wildman–Crippen LogP) is 0.656. The molecular formula is C11H16N2O2S. The van der Waals surface area contributed by atoms with Gasteiger partial charge >= 0.3 is 0 Å². The summed E-state index contributed by atoms with van der Waals surface area (Å²) in [6.45, 7) is 1.69. The molecule has 0 spiro atoms. The van der Waals surface area contributed by atoms with Crippen LogP contribution >= 0.6 is 0 Å². The minimum atomic E-state index is -3.30. The summed E-state index contributed by atoms with van der Waals surface area (Å²) >= 11 is 0. The van der Waals surface area contributed by atoms with Crippen molar-refractivity contribution >= 4 is 10.0 Å². The molecule has 0 amide bonds. The summed E-state index contributed by atoms with van der Waals surface area (Å²) in [6.07, 6.45) is 0.864. The molecule has 1 aliphatic heterocycles. The van der Waals surface area contributed by atoms with Crippen molar-refractivity contribution in [1.29, 1.82) is 0 Å². The Hall–Kier alpha value is -0.910. The van der Waals surface area contributed by atoms with E-state index >= 15 is 0 Å². The van der Waals surface area contributed by atoms with Crippen molar-refractivity contribution in [3.05, 3.63) is 30.3 Å². The van der Waals surface area contributed by atoms with Crippen LogP contribution in [0.15, 0.2) is 35.2 Å². The molecular weight excluding hydrogens is 224 g/mol. The first-order chi connectivity index (χ1) is 7.64. The van der Waals surface area contributed by atoms with Crippen molar-refractivity contribution in [3.63, 3.8) is 0 Å². The quantitative estimate of drug-likeness (QED) is 0.844. The van der Waals surface area contributed by atoms with Crippen molar-refractivity contribution in [2.45, 2.75) is 11.3 Å². The van der Waals surface area contributed by atoms with E-state index < -0.39 is 10.0 Å². The van der Waals surface area contributed by atoms with Crippen molar-refractivity contribution in [1.82, 2.24) is 4.31 Å². The van der Waals surface area contributed by atoms with Gasteiger partial charge in [-0.3, -0.25) is 0 Å². The van der Waals surface area contributed by atoms with E-state index in [-0.39, 0.29) is 0 Å². The SMILES string of the molecule is NCC1CCN(S(=O)(=O)c2ccccc2)C1. The van der Waals surface area contributed by atoms with Gasteiger partial charge < -0.3 is 5.73 Å². The molecule has 1 saturated heterocycles. The predicted molar refractivity (Wildman–Crippen MR) is 62.4 cm³/mol. The third-order valence-corrected chi connectivity index (χ3v) is 4.84. The van der Waals surface area contributed by atoms with Crippen LogP contribution in [0.5, 0.6) is 0 Å². The minimum Gasteiger partial charge on any atom is -0.330 e. The number of benzene rings is 1. The smallest absolute Gasteiger partial charge is 0.243 e. The second-order valence-electron chi connectivity index (χ2n) is 4.07. The van der Waals surface area contributed by atoms with Crippen LogP contribution in [0.1, 0.15) is 6.42 Å². The summed E-state index contributed by atoms with van der Waals surface area (Å²) in [5.74, 6) is 0.304. The van der Waals surface area contributed by atoms with Gasteiger partial charge in [0.15, 0.2) is 0 Å². The fourth-order valence-corrected chi connectivity index (χ4v) is 3.50.